The first-order valence-electron chi connectivity index (χ1n) is 10.1. The molecule has 0 unspecified atom stereocenters. The fourth-order valence-corrected chi connectivity index (χ4v) is 3.53. The highest BCUT2D eigenvalue weighted by molar-refractivity contribution is 6.33. The Hall–Kier alpha value is -3.19. The third kappa shape index (κ3) is 5.11. The molecule has 0 saturated heterocycles. The highest BCUT2D eigenvalue weighted by Crippen LogP contribution is 2.16. The van der Waals surface area contributed by atoms with Crippen LogP contribution in [0, 0.1) is 5.92 Å². The van der Waals surface area contributed by atoms with E-state index in [1.165, 1.54) is 0 Å². The lowest BCUT2D eigenvalue weighted by molar-refractivity contribution is -0.134. The third-order valence-corrected chi connectivity index (χ3v) is 5.36. The molecule has 7 nitrogen and oxygen atoms in total. The van der Waals surface area contributed by atoms with Crippen LogP contribution in [0.25, 0.3) is 10.9 Å². The van der Waals surface area contributed by atoms with Gasteiger partial charge in [0.15, 0.2) is 0 Å². The van der Waals surface area contributed by atoms with Crippen LogP contribution in [0.4, 0.5) is 0 Å². The first-order chi connectivity index (χ1) is 14.8. The molecule has 2 amide bonds. The summed E-state index contributed by atoms with van der Waals surface area (Å²) in [7, 11) is 0. The van der Waals surface area contributed by atoms with Gasteiger partial charge in [-0.25, -0.2) is 4.98 Å². The lowest BCUT2D eigenvalue weighted by Gasteiger charge is -2.29. The van der Waals surface area contributed by atoms with Gasteiger partial charge in [-0.2, -0.15) is 0 Å². The van der Waals surface area contributed by atoms with Crippen LogP contribution in [-0.2, 0) is 11.3 Å². The number of aromatic amines is 1. The SMILES string of the molecule is CCN(Cc1nc2ccccc2c(=O)[nH]1)C(=O)[C@@H](NC(=O)c1ccccc1Cl)C(C)C. The maximum atomic E-state index is 13.3. The fourth-order valence-electron chi connectivity index (χ4n) is 3.31. The summed E-state index contributed by atoms with van der Waals surface area (Å²) in [6.45, 7) is 6.07. The Bertz CT molecular complexity index is 1160. The number of para-hydroxylation sites is 1. The van der Waals surface area contributed by atoms with Gasteiger partial charge in [-0.15, -0.1) is 0 Å². The number of rotatable bonds is 7. The minimum atomic E-state index is -0.754. The quantitative estimate of drug-likeness (QED) is 0.588. The minimum Gasteiger partial charge on any atom is -0.340 e. The molecule has 31 heavy (non-hydrogen) atoms. The predicted octanol–water partition coefficient (Wildman–Crippen LogP) is 3.38. The van der Waals surface area contributed by atoms with E-state index in [4.69, 9.17) is 11.6 Å². The molecule has 0 bridgehead atoms. The van der Waals surface area contributed by atoms with Crippen LogP contribution in [0.5, 0.6) is 0 Å². The molecule has 2 N–H and O–H groups in total. The number of carbonyl (C=O) groups excluding carboxylic acids is 2. The van der Waals surface area contributed by atoms with E-state index in [1.54, 1.807) is 53.4 Å². The van der Waals surface area contributed by atoms with Crippen LogP contribution in [0.2, 0.25) is 5.02 Å². The highest BCUT2D eigenvalue weighted by atomic mass is 35.5. The van der Waals surface area contributed by atoms with Crippen LogP contribution < -0.4 is 10.9 Å². The molecular formula is C23H25ClN4O3. The summed E-state index contributed by atoms with van der Waals surface area (Å²) >= 11 is 6.12. The highest BCUT2D eigenvalue weighted by Gasteiger charge is 2.29. The molecule has 0 saturated carbocycles. The number of fused-ring (bicyclic) bond motifs is 1. The second-order valence-corrected chi connectivity index (χ2v) is 7.96. The molecule has 1 aromatic heterocycles. The normalized spacial score (nSPS) is 12.0. The summed E-state index contributed by atoms with van der Waals surface area (Å²) < 4.78 is 0. The van der Waals surface area contributed by atoms with Crippen molar-refractivity contribution in [3.63, 3.8) is 0 Å². The van der Waals surface area contributed by atoms with E-state index in [2.05, 4.69) is 15.3 Å². The Balaban J connectivity index is 1.82. The van der Waals surface area contributed by atoms with Crippen LogP contribution in [0.15, 0.2) is 53.3 Å². The Labute approximate surface area is 185 Å². The number of likely N-dealkylation sites (N-methyl/N-ethyl adjacent to an activating group) is 1. The molecule has 0 aliphatic rings. The number of benzene rings is 2. The van der Waals surface area contributed by atoms with Crippen molar-refractivity contribution in [1.29, 1.82) is 0 Å². The van der Waals surface area contributed by atoms with Crippen molar-refractivity contribution in [3.05, 3.63) is 75.3 Å². The topological polar surface area (TPSA) is 95.2 Å². The number of amides is 2. The molecule has 0 fully saturated rings. The van der Waals surface area contributed by atoms with Gasteiger partial charge in [-0.05, 0) is 37.1 Å². The molecule has 0 spiro atoms. The van der Waals surface area contributed by atoms with E-state index in [0.717, 1.165) is 0 Å². The van der Waals surface area contributed by atoms with E-state index in [0.29, 0.717) is 33.9 Å². The molecule has 0 radical (unpaired) electrons. The van der Waals surface area contributed by atoms with Gasteiger partial charge in [0.2, 0.25) is 5.91 Å². The molecule has 162 valence electrons. The van der Waals surface area contributed by atoms with Crippen LogP contribution in [0.1, 0.15) is 37.0 Å². The van der Waals surface area contributed by atoms with E-state index >= 15 is 0 Å². The van der Waals surface area contributed by atoms with Crippen molar-refractivity contribution in [2.75, 3.05) is 6.54 Å². The van der Waals surface area contributed by atoms with E-state index in [1.807, 2.05) is 20.8 Å². The van der Waals surface area contributed by atoms with Gasteiger partial charge in [0, 0.05) is 6.54 Å². The molecule has 0 aliphatic carbocycles. The summed E-state index contributed by atoms with van der Waals surface area (Å²) in [5, 5.41) is 3.62. The van der Waals surface area contributed by atoms with Gasteiger partial charge in [0.1, 0.15) is 11.9 Å². The monoisotopic (exact) mass is 440 g/mol. The average molecular weight is 441 g/mol. The van der Waals surface area contributed by atoms with E-state index in [-0.39, 0.29) is 23.9 Å². The number of aromatic nitrogens is 2. The maximum Gasteiger partial charge on any atom is 0.258 e. The van der Waals surface area contributed by atoms with Crippen LogP contribution in [-0.4, -0.2) is 39.3 Å². The van der Waals surface area contributed by atoms with Crippen LogP contribution >= 0.6 is 11.6 Å². The summed E-state index contributed by atoms with van der Waals surface area (Å²) in [6.07, 6.45) is 0. The standard InChI is InChI=1S/C23H25ClN4O3/c1-4-28(13-19-25-18-12-8-6-10-16(18)22(30)26-19)23(31)20(14(2)3)27-21(29)15-9-5-7-11-17(15)24/h5-12,14,20H,4,13H2,1-3H3,(H,27,29)(H,25,26,30)/t20-/m0/s1. The lowest BCUT2D eigenvalue weighted by atomic mass is 10.0. The largest absolute Gasteiger partial charge is 0.340 e. The summed E-state index contributed by atoms with van der Waals surface area (Å²) in [6, 6.07) is 13.0. The molecule has 3 rings (SSSR count). The van der Waals surface area contributed by atoms with Crippen molar-refractivity contribution >= 4 is 34.3 Å². The number of hydrogen-bond donors (Lipinski definition) is 2. The van der Waals surface area contributed by atoms with Crippen LogP contribution in [0.3, 0.4) is 0 Å². The fraction of sp³-hybridized carbons (Fsp3) is 0.304. The zero-order chi connectivity index (χ0) is 22.5. The Morgan fingerprint density at radius 2 is 1.81 bits per heavy atom. The van der Waals surface area contributed by atoms with Crippen molar-refractivity contribution in [2.45, 2.75) is 33.4 Å². The molecule has 1 atom stereocenters. The molecule has 2 aromatic carbocycles. The van der Waals surface area contributed by atoms with Crippen molar-refractivity contribution in [3.8, 4) is 0 Å². The second kappa shape index (κ2) is 9.75. The molecular weight excluding hydrogens is 416 g/mol. The zero-order valence-electron chi connectivity index (χ0n) is 17.7. The molecule has 3 aromatic rings. The smallest absolute Gasteiger partial charge is 0.258 e. The molecule has 0 aliphatic heterocycles. The number of H-pyrrole nitrogens is 1. The number of hydrogen-bond acceptors (Lipinski definition) is 4. The minimum absolute atomic E-state index is 0.126. The number of nitrogens with zero attached hydrogens (tertiary/aromatic N) is 2. The van der Waals surface area contributed by atoms with Gasteiger partial charge in [-0.1, -0.05) is 49.7 Å². The van der Waals surface area contributed by atoms with E-state index < -0.39 is 11.9 Å². The van der Waals surface area contributed by atoms with Crippen molar-refractivity contribution in [2.24, 2.45) is 5.92 Å². The molecule has 1 heterocycles. The third-order valence-electron chi connectivity index (χ3n) is 5.03. The first kappa shape index (κ1) is 22.5. The number of carbonyl (C=O) groups is 2. The number of nitrogens with one attached hydrogen (secondary N) is 2. The van der Waals surface area contributed by atoms with Gasteiger partial charge < -0.3 is 15.2 Å². The maximum absolute atomic E-state index is 13.3. The number of halogens is 1. The predicted molar refractivity (Wildman–Crippen MR) is 121 cm³/mol. The Morgan fingerprint density at radius 3 is 2.48 bits per heavy atom. The first-order valence-corrected chi connectivity index (χ1v) is 10.5. The van der Waals surface area contributed by atoms with Gasteiger partial charge >= 0.3 is 0 Å². The lowest BCUT2D eigenvalue weighted by Crippen LogP contribution is -2.51. The van der Waals surface area contributed by atoms with Crippen molar-refractivity contribution < 1.29 is 9.59 Å². The zero-order valence-corrected chi connectivity index (χ0v) is 18.4. The Morgan fingerprint density at radius 1 is 1.13 bits per heavy atom. The Kier molecular flexibility index (Phi) is 7.07. The summed E-state index contributed by atoms with van der Waals surface area (Å²) in [4.78, 5) is 47.1. The van der Waals surface area contributed by atoms with Gasteiger partial charge in [0.05, 0.1) is 28.0 Å². The summed E-state index contributed by atoms with van der Waals surface area (Å²) in [5.74, 6) is -0.435. The van der Waals surface area contributed by atoms with Gasteiger partial charge in [0.25, 0.3) is 11.5 Å². The average Bonchev–Trinajstić information content (AvgIpc) is 2.75. The van der Waals surface area contributed by atoms with E-state index in [9.17, 15) is 14.4 Å². The molecule has 8 heteroatoms. The second-order valence-electron chi connectivity index (χ2n) is 7.56. The van der Waals surface area contributed by atoms with Gasteiger partial charge in [-0.3, -0.25) is 14.4 Å². The van der Waals surface area contributed by atoms with Crippen molar-refractivity contribution in [1.82, 2.24) is 20.2 Å². The summed E-state index contributed by atoms with van der Waals surface area (Å²) in [5.41, 5.74) is 0.625.